The third kappa shape index (κ3) is 2.54. The van der Waals surface area contributed by atoms with Gasteiger partial charge in [-0.25, -0.2) is 0 Å². The minimum absolute atomic E-state index is 0.0368. The quantitative estimate of drug-likeness (QED) is 0.826. The molecule has 2 nitrogen and oxygen atoms in total. The van der Waals surface area contributed by atoms with Gasteiger partial charge in [0.05, 0.1) is 5.02 Å². The normalized spacial score (nSPS) is 10.5. The van der Waals surface area contributed by atoms with Gasteiger partial charge in [-0.05, 0) is 6.07 Å². The van der Waals surface area contributed by atoms with E-state index in [4.69, 9.17) is 16.7 Å². The van der Waals surface area contributed by atoms with Crippen LogP contribution in [-0.4, -0.2) is 11.7 Å². The maximum Gasteiger partial charge on any atom is 0.387 e. The topological polar surface area (TPSA) is 29.5 Å². The molecule has 0 atom stereocenters. The fraction of sp³-hybridized carbons (Fsp3) is 0.125. The fourth-order valence-corrected chi connectivity index (χ4v) is 1.03. The number of aliphatic hydroxyl groups excluding tert-OH is 1. The lowest BCUT2D eigenvalue weighted by molar-refractivity contribution is -0.0498. The second-order valence-electron chi connectivity index (χ2n) is 2.17. The van der Waals surface area contributed by atoms with E-state index in [0.29, 0.717) is 0 Å². The van der Waals surface area contributed by atoms with E-state index in [2.05, 4.69) is 4.74 Å². The van der Waals surface area contributed by atoms with E-state index < -0.39 is 6.61 Å². The van der Waals surface area contributed by atoms with E-state index >= 15 is 0 Å². The highest BCUT2D eigenvalue weighted by molar-refractivity contribution is 6.33. The van der Waals surface area contributed by atoms with Crippen molar-refractivity contribution in [2.75, 3.05) is 0 Å². The summed E-state index contributed by atoms with van der Waals surface area (Å²) in [6.07, 6.45) is 0. The van der Waals surface area contributed by atoms with Crippen molar-refractivity contribution in [2.45, 2.75) is 6.61 Å². The van der Waals surface area contributed by atoms with Crippen LogP contribution in [0.3, 0.4) is 0 Å². The van der Waals surface area contributed by atoms with Gasteiger partial charge in [-0.2, -0.15) is 8.78 Å². The monoisotopic (exact) mass is 207 g/mol. The molecule has 0 aliphatic heterocycles. The molecule has 0 bridgehead atoms. The van der Waals surface area contributed by atoms with Crippen LogP contribution in [0, 0.1) is 6.61 Å². The van der Waals surface area contributed by atoms with Crippen LogP contribution in [0.1, 0.15) is 5.56 Å². The first-order chi connectivity index (χ1) is 6.15. The number of halogens is 3. The van der Waals surface area contributed by atoms with Gasteiger partial charge in [-0.1, -0.05) is 23.7 Å². The molecular weight excluding hydrogens is 202 g/mol. The molecule has 0 unspecified atom stereocenters. The van der Waals surface area contributed by atoms with Crippen molar-refractivity contribution in [1.82, 2.24) is 0 Å². The summed E-state index contributed by atoms with van der Waals surface area (Å²) >= 11 is 5.60. The molecule has 0 aromatic heterocycles. The van der Waals surface area contributed by atoms with Crippen LogP contribution in [-0.2, 0) is 0 Å². The van der Waals surface area contributed by atoms with E-state index in [9.17, 15) is 8.78 Å². The van der Waals surface area contributed by atoms with Crippen LogP contribution in [0.2, 0.25) is 5.02 Å². The Bertz CT molecular complexity index is 291. The maximum absolute atomic E-state index is 11.8. The number of benzene rings is 1. The van der Waals surface area contributed by atoms with Crippen molar-refractivity contribution in [1.29, 1.82) is 0 Å². The number of hydrogen-bond acceptors (Lipinski definition) is 2. The molecule has 1 radical (unpaired) electrons. The molecule has 1 N–H and O–H groups in total. The van der Waals surface area contributed by atoms with Gasteiger partial charge in [0.1, 0.15) is 12.4 Å². The number of alkyl halides is 2. The third-order valence-corrected chi connectivity index (χ3v) is 1.75. The number of rotatable bonds is 3. The Hall–Kier alpha value is -0.870. The Balaban J connectivity index is 2.94. The molecule has 1 rings (SSSR count). The zero-order valence-electron chi connectivity index (χ0n) is 6.38. The average Bonchev–Trinajstić information content (AvgIpc) is 2.08. The lowest BCUT2D eigenvalue weighted by atomic mass is 10.2. The van der Waals surface area contributed by atoms with Crippen molar-refractivity contribution in [3.63, 3.8) is 0 Å². The molecule has 0 amide bonds. The summed E-state index contributed by atoms with van der Waals surface area (Å²) in [6, 6.07) is 4.22. The van der Waals surface area contributed by atoms with Gasteiger partial charge in [0.2, 0.25) is 0 Å². The molecule has 5 heteroatoms. The first-order valence-corrected chi connectivity index (χ1v) is 3.73. The van der Waals surface area contributed by atoms with Crippen molar-refractivity contribution >= 4 is 11.6 Å². The molecule has 1 aromatic carbocycles. The summed E-state index contributed by atoms with van der Waals surface area (Å²) in [7, 11) is 0. The second kappa shape index (κ2) is 4.39. The highest BCUT2D eigenvalue weighted by Gasteiger charge is 2.10. The van der Waals surface area contributed by atoms with Crippen molar-refractivity contribution in [3.8, 4) is 5.75 Å². The van der Waals surface area contributed by atoms with Gasteiger partial charge < -0.3 is 9.84 Å². The largest absolute Gasteiger partial charge is 0.433 e. The second-order valence-corrected chi connectivity index (χ2v) is 2.54. The van der Waals surface area contributed by atoms with Gasteiger partial charge in [-0.3, -0.25) is 0 Å². The zero-order valence-corrected chi connectivity index (χ0v) is 7.13. The Morgan fingerprint density at radius 1 is 1.46 bits per heavy atom. The average molecular weight is 208 g/mol. The standard InChI is InChI=1S/C8H6ClF2O2/c9-7-5(4-12)2-1-3-6(7)13-8(10)11/h1-4,8,12H. The number of hydrogen-bond donors (Lipinski definition) is 1. The zero-order chi connectivity index (χ0) is 9.84. The van der Waals surface area contributed by atoms with Crippen LogP contribution < -0.4 is 4.74 Å². The molecule has 0 fully saturated rings. The third-order valence-electron chi connectivity index (χ3n) is 1.35. The molecule has 0 aliphatic rings. The van der Waals surface area contributed by atoms with Crippen molar-refractivity contribution < 1.29 is 18.6 Å². The van der Waals surface area contributed by atoms with Gasteiger partial charge in [-0.15, -0.1) is 0 Å². The molecule has 0 saturated heterocycles. The highest BCUT2D eigenvalue weighted by Crippen LogP contribution is 2.29. The molecular formula is C8H6ClF2O2. The molecule has 0 aliphatic carbocycles. The Morgan fingerprint density at radius 3 is 2.69 bits per heavy atom. The summed E-state index contributed by atoms with van der Waals surface area (Å²) in [4.78, 5) is 0. The van der Waals surface area contributed by atoms with Gasteiger partial charge >= 0.3 is 6.61 Å². The van der Waals surface area contributed by atoms with Crippen LogP contribution in [0.15, 0.2) is 18.2 Å². The molecule has 0 saturated carbocycles. The summed E-state index contributed by atoms with van der Waals surface area (Å²) in [6.45, 7) is -2.20. The Kier molecular flexibility index (Phi) is 3.45. The van der Waals surface area contributed by atoms with Gasteiger partial charge in [0, 0.05) is 5.56 Å². The van der Waals surface area contributed by atoms with Crippen molar-refractivity contribution in [3.05, 3.63) is 35.4 Å². The van der Waals surface area contributed by atoms with Gasteiger partial charge in [0.15, 0.2) is 0 Å². The molecule has 0 heterocycles. The van der Waals surface area contributed by atoms with E-state index in [0.717, 1.165) is 6.61 Å². The van der Waals surface area contributed by atoms with Crippen LogP contribution >= 0.6 is 11.6 Å². The number of aliphatic hydroxyl groups is 1. The SMILES string of the molecule is O[CH]c1cccc(OC(F)F)c1Cl. The van der Waals surface area contributed by atoms with E-state index in [1.165, 1.54) is 18.2 Å². The smallest absolute Gasteiger partial charge is 0.387 e. The van der Waals surface area contributed by atoms with Crippen LogP contribution in [0.4, 0.5) is 8.78 Å². The minimum Gasteiger partial charge on any atom is -0.433 e. The summed E-state index contributed by atoms with van der Waals surface area (Å²) in [5, 5.41) is 8.59. The van der Waals surface area contributed by atoms with E-state index in [1.54, 1.807) is 0 Å². The van der Waals surface area contributed by atoms with Gasteiger partial charge in [0.25, 0.3) is 0 Å². The van der Waals surface area contributed by atoms with E-state index in [-0.39, 0.29) is 16.3 Å². The lowest BCUT2D eigenvalue weighted by Crippen LogP contribution is -2.02. The van der Waals surface area contributed by atoms with Crippen LogP contribution in [0.5, 0.6) is 5.75 Å². The first-order valence-electron chi connectivity index (χ1n) is 3.36. The minimum atomic E-state index is -2.92. The van der Waals surface area contributed by atoms with Crippen molar-refractivity contribution in [2.24, 2.45) is 0 Å². The predicted molar refractivity (Wildman–Crippen MR) is 43.4 cm³/mol. The molecule has 0 spiro atoms. The van der Waals surface area contributed by atoms with Crippen LogP contribution in [0.25, 0.3) is 0 Å². The summed E-state index contributed by atoms with van der Waals surface area (Å²) in [5.41, 5.74) is 0.236. The Labute approximate surface area is 78.7 Å². The molecule has 1 aromatic rings. The number of ether oxygens (including phenoxy) is 1. The maximum atomic E-state index is 11.8. The summed E-state index contributed by atoms with van der Waals surface area (Å²) < 4.78 is 27.7. The predicted octanol–water partition coefficient (Wildman–Crippen LogP) is 2.82. The summed E-state index contributed by atoms with van der Waals surface area (Å²) in [5.74, 6) is -0.153. The Morgan fingerprint density at radius 2 is 2.15 bits per heavy atom. The molecule has 71 valence electrons. The first kappa shape index (κ1) is 10.2. The fourth-order valence-electron chi connectivity index (χ4n) is 0.814. The highest BCUT2D eigenvalue weighted by atomic mass is 35.5. The molecule has 13 heavy (non-hydrogen) atoms. The van der Waals surface area contributed by atoms with E-state index in [1.807, 2.05) is 0 Å². The lowest BCUT2D eigenvalue weighted by Gasteiger charge is -2.08.